The van der Waals surface area contributed by atoms with Crippen LogP contribution in [0.2, 0.25) is 0 Å². The number of carbonyl (C=O) groups excluding carboxylic acids is 1. The number of nitrogens with zero attached hydrogens (tertiary/aromatic N) is 1. The normalized spacial score (nSPS) is 23.7. The average Bonchev–Trinajstić information content (AvgIpc) is 3.26. The minimum absolute atomic E-state index is 0.168. The van der Waals surface area contributed by atoms with E-state index >= 15 is 0 Å². The number of esters is 1. The second-order valence-corrected chi connectivity index (χ2v) is 12.4. The van der Waals surface area contributed by atoms with Crippen LogP contribution in [0.1, 0.15) is 43.5 Å². The van der Waals surface area contributed by atoms with Crippen molar-refractivity contribution < 1.29 is 17.9 Å². The van der Waals surface area contributed by atoms with E-state index in [9.17, 15) is 13.2 Å². The van der Waals surface area contributed by atoms with Crippen LogP contribution in [0.4, 0.5) is 0 Å². The molecule has 2 aromatic rings. The number of aryl methyl sites for hydroxylation is 2. The number of ether oxygens (including phenoxy) is 1. The van der Waals surface area contributed by atoms with Crippen LogP contribution in [0.15, 0.2) is 64.4 Å². The molecule has 0 amide bonds. The third kappa shape index (κ3) is 3.91. The van der Waals surface area contributed by atoms with E-state index in [4.69, 9.17) is 4.74 Å². The molecule has 32 heavy (non-hydrogen) atoms. The summed E-state index contributed by atoms with van der Waals surface area (Å²) in [5, 5.41) is 1.94. The van der Waals surface area contributed by atoms with Gasteiger partial charge in [-0.2, -0.15) is 4.31 Å². The molecule has 2 aromatic carbocycles. The molecule has 1 fully saturated rings. The van der Waals surface area contributed by atoms with Gasteiger partial charge >= 0.3 is 5.97 Å². The Bertz CT molecular complexity index is 1160. The van der Waals surface area contributed by atoms with Crippen LogP contribution >= 0.6 is 11.8 Å². The number of carbonyl (C=O) groups is 1. The first-order chi connectivity index (χ1) is 14.9. The highest BCUT2D eigenvalue weighted by atomic mass is 32.2. The summed E-state index contributed by atoms with van der Waals surface area (Å²) in [5.41, 5.74) is 1.93. The van der Waals surface area contributed by atoms with E-state index in [2.05, 4.69) is 0 Å². The van der Waals surface area contributed by atoms with Crippen LogP contribution in [0.3, 0.4) is 0 Å². The van der Waals surface area contributed by atoms with Gasteiger partial charge in [0, 0.05) is 12.3 Å². The number of benzene rings is 2. The molecule has 2 aliphatic rings. The van der Waals surface area contributed by atoms with Gasteiger partial charge in [0.05, 0.1) is 10.9 Å². The molecule has 0 aliphatic carbocycles. The molecular weight excluding hydrogens is 442 g/mol. The predicted octanol–water partition coefficient (Wildman–Crippen LogP) is 5.01. The highest BCUT2D eigenvalue weighted by molar-refractivity contribution is 8.02. The largest absolute Gasteiger partial charge is 0.459 e. The lowest BCUT2D eigenvalue weighted by Crippen LogP contribution is -2.44. The molecule has 2 heterocycles. The predicted molar refractivity (Wildman–Crippen MR) is 128 cm³/mol. The molecule has 0 aromatic heterocycles. The Hall–Kier alpha value is -2.09. The summed E-state index contributed by atoms with van der Waals surface area (Å²) in [6, 6.07) is 13.9. The van der Waals surface area contributed by atoms with E-state index in [1.165, 1.54) is 4.31 Å². The van der Waals surface area contributed by atoms with Crippen molar-refractivity contribution in [3.8, 4) is 0 Å². The smallest absolute Gasteiger partial charge is 0.319 e. The van der Waals surface area contributed by atoms with Crippen LogP contribution in [0.5, 0.6) is 0 Å². The van der Waals surface area contributed by atoms with Gasteiger partial charge in [0.2, 0.25) is 10.0 Å². The van der Waals surface area contributed by atoms with Gasteiger partial charge in [0.25, 0.3) is 0 Å². The van der Waals surface area contributed by atoms with E-state index in [-0.39, 0.29) is 17.4 Å². The molecule has 5 nitrogen and oxygen atoms in total. The summed E-state index contributed by atoms with van der Waals surface area (Å²) in [4.78, 5) is 13.9. The Morgan fingerprint density at radius 1 is 1.03 bits per heavy atom. The molecule has 0 N–H and O–H groups in total. The van der Waals surface area contributed by atoms with Gasteiger partial charge in [-0.05, 0) is 63.3 Å². The molecule has 2 aliphatic heterocycles. The average molecular weight is 472 g/mol. The van der Waals surface area contributed by atoms with E-state index in [0.29, 0.717) is 5.75 Å². The third-order valence-corrected chi connectivity index (χ3v) is 8.87. The lowest BCUT2D eigenvalue weighted by molar-refractivity contribution is -0.165. The number of sulfonamides is 1. The minimum Gasteiger partial charge on any atom is -0.459 e. The second kappa shape index (κ2) is 8.04. The van der Waals surface area contributed by atoms with Gasteiger partial charge in [-0.15, -0.1) is 11.8 Å². The summed E-state index contributed by atoms with van der Waals surface area (Å²) >= 11 is 1.55. The number of thioether (sulfide) groups is 1. The van der Waals surface area contributed by atoms with Crippen molar-refractivity contribution in [1.82, 2.24) is 4.31 Å². The first-order valence-electron chi connectivity index (χ1n) is 10.6. The van der Waals surface area contributed by atoms with Crippen molar-refractivity contribution in [3.63, 3.8) is 0 Å². The van der Waals surface area contributed by atoms with Crippen molar-refractivity contribution in [2.24, 2.45) is 5.41 Å². The molecule has 0 spiro atoms. The van der Waals surface area contributed by atoms with Crippen LogP contribution in [-0.2, 0) is 19.6 Å². The van der Waals surface area contributed by atoms with E-state index in [1.807, 2.05) is 64.3 Å². The fraction of sp³-hybridized carbons (Fsp3) is 0.400. The van der Waals surface area contributed by atoms with Gasteiger partial charge in [-0.3, -0.25) is 4.79 Å². The lowest BCUT2D eigenvalue weighted by atomic mass is 9.76. The van der Waals surface area contributed by atoms with Crippen LogP contribution in [0.25, 0.3) is 0 Å². The second-order valence-electron chi connectivity index (χ2n) is 9.60. The Balaban J connectivity index is 1.88. The number of hydrogen-bond acceptors (Lipinski definition) is 5. The Morgan fingerprint density at radius 3 is 2.16 bits per heavy atom. The molecule has 170 valence electrons. The zero-order valence-corrected chi connectivity index (χ0v) is 20.7. The van der Waals surface area contributed by atoms with E-state index in [0.717, 1.165) is 22.3 Å². The molecule has 0 unspecified atom stereocenters. The zero-order chi connectivity index (χ0) is 23.3. The SMILES string of the molecule is Cc1ccc([C@@H]2N(S(=O)(=O)c3ccc(C)cc3)CC3=CSC[C@@]32C(=O)OC(C)(C)C)cc1. The number of fused-ring (bicyclic) bond motifs is 1. The number of rotatable bonds is 4. The van der Waals surface area contributed by atoms with E-state index < -0.39 is 27.1 Å². The lowest BCUT2D eigenvalue weighted by Gasteiger charge is -2.36. The Labute approximate surface area is 194 Å². The summed E-state index contributed by atoms with van der Waals surface area (Å²) in [7, 11) is -3.84. The maximum absolute atomic E-state index is 13.8. The number of hydrogen-bond donors (Lipinski definition) is 0. The first-order valence-corrected chi connectivity index (χ1v) is 13.1. The molecule has 0 bridgehead atoms. The van der Waals surface area contributed by atoms with Crippen molar-refractivity contribution in [1.29, 1.82) is 0 Å². The highest BCUT2D eigenvalue weighted by Crippen LogP contribution is 2.58. The molecule has 0 radical (unpaired) electrons. The van der Waals surface area contributed by atoms with Crippen molar-refractivity contribution in [2.45, 2.75) is 51.2 Å². The minimum atomic E-state index is -3.84. The summed E-state index contributed by atoms with van der Waals surface area (Å²) < 4.78 is 35.0. The van der Waals surface area contributed by atoms with Gasteiger partial charge in [0.15, 0.2) is 0 Å². The first kappa shape index (κ1) is 23.1. The van der Waals surface area contributed by atoms with Crippen LogP contribution in [-0.4, -0.2) is 36.6 Å². The summed E-state index contributed by atoms with van der Waals surface area (Å²) in [5.74, 6) is 0.0869. The van der Waals surface area contributed by atoms with Crippen molar-refractivity contribution in [3.05, 3.63) is 76.2 Å². The monoisotopic (exact) mass is 471 g/mol. The van der Waals surface area contributed by atoms with Gasteiger partial charge < -0.3 is 4.74 Å². The Kier molecular flexibility index (Phi) is 5.80. The maximum atomic E-state index is 13.8. The van der Waals surface area contributed by atoms with Crippen molar-refractivity contribution in [2.75, 3.05) is 12.3 Å². The standard InChI is InChI=1S/C25H29NO4S2/c1-17-6-10-19(11-7-17)22-25(23(27)30-24(3,4)5)16-31-15-20(25)14-26(22)32(28,29)21-12-8-18(2)9-13-21/h6-13,15,22H,14,16H2,1-5H3/t22-,25+/m0/s1. The Morgan fingerprint density at radius 2 is 1.59 bits per heavy atom. The summed E-state index contributed by atoms with van der Waals surface area (Å²) in [6.07, 6.45) is 0. The third-order valence-electron chi connectivity index (χ3n) is 5.97. The topological polar surface area (TPSA) is 63.7 Å². The quantitative estimate of drug-likeness (QED) is 0.587. The molecule has 7 heteroatoms. The van der Waals surface area contributed by atoms with Gasteiger partial charge in [-0.25, -0.2) is 8.42 Å². The molecular formula is C25H29NO4S2. The fourth-order valence-electron chi connectivity index (χ4n) is 4.35. The van der Waals surface area contributed by atoms with E-state index in [1.54, 1.807) is 36.0 Å². The maximum Gasteiger partial charge on any atom is 0.319 e. The van der Waals surface area contributed by atoms with Gasteiger partial charge in [-0.1, -0.05) is 47.5 Å². The molecule has 2 atom stereocenters. The molecule has 4 rings (SSSR count). The molecule has 0 saturated carbocycles. The van der Waals surface area contributed by atoms with Gasteiger partial charge in [0.1, 0.15) is 11.0 Å². The zero-order valence-electron chi connectivity index (χ0n) is 19.1. The fourth-order valence-corrected chi connectivity index (χ4v) is 7.28. The highest BCUT2D eigenvalue weighted by Gasteiger charge is 2.62. The molecule has 1 saturated heterocycles. The van der Waals surface area contributed by atoms with Crippen molar-refractivity contribution >= 4 is 27.8 Å². The van der Waals surface area contributed by atoms with Crippen LogP contribution < -0.4 is 0 Å². The summed E-state index contributed by atoms with van der Waals surface area (Å²) in [6.45, 7) is 9.59. The van der Waals surface area contributed by atoms with Crippen LogP contribution in [0, 0.1) is 19.3 Å².